The lowest BCUT2D eigenvalue weighted by molar-refractivity contribution is 0.0954. The van der Waals surface area contributed by atoms with Gasteiger partial charge in [-0.3, -0.25) is 4.79 Å². The van der Waals surface area contributed by atoms with Crippen molar-refractivity contribution in [2.45, 2.75) is 13.3 Å². The molecule has 1 amide bonds. The molecule has 2 aromatic rings. The van der Waals surface area contributed by atoms with Crippen molar-refractivity contribution >= 4 is 23.2 Å². The largest absolute Gasteiger partial charge is 0.493 e. The second-order valence-electron chi connectivity index (χ2n) is 5.16. The summed E-state index contributed by atoms with van der Waals surface area (Å²) in [6.07, 6.45) is 0.580. The Morgan fingerprint density at radius 3 is 2.54 bits per heavy atom. The van der Waals surface area contributed by atoms with Crippen LogP contribution in [0.1, 0.15) is 22.8 Å². The van der Waals surface area contributed by atoms with Crippen molar-refractivity contribution in [1.82, 2.24) is 5.43 Å². The Labute approximate surface area is 146 Å². The minimum Gasteiger partial charge on any atom is -0.493 e. The number of hydrogen-bond acceptors (Lipinski definition) is 4. The number of amides is 1. The van der Waals surface area contributed by atoms with E-state index in [9.17, 15) is 4.79 Å². The van der Waals surface area contributed by atoms with Crippen LogP contribution in [0.4, 0.5) is 0 Å². The van der Waals surface area contributed by atoms with Gasteiger partial charge < -0.3 is 9.47 Å². The highest BCUT2D eigenvalue weighted by Crippen LogP contribution is 2.27. The van der Waals surface area contributed by atoms with Crippen LogP contribution in [0.3, 0.4) is 0 Å². The molecule has 5 nitrogen and oxygen atoms in total. The van der Waals surface area contributed by atoms with Crippen LogP contribution >= 0.6 is 11.6 Å². The van der Waals surface area contributed by atoms with Gasteiger partial charge in [0, 0.05) is 22.7 Å². The molecule has 0 aliphatic rings. The summed E-state index contributed by atoms with van der Waals surface area (Å²) in [4.78, 5) is 12.0. The lowest BCUT2D eigenvalue weighted by Gasteiger charge is -2.09. The van der Waals surface area contributed by atoms with Gasteiger partial charge in [0.05, 0.1) is 14.2 Å². The fourth-order valence-corrected chi connectivity index (χ4v) is 2.36. The van der Waals surface area contributed by atoms with E-state index in [1.54, 1.807) is 38.5 Å². The number of carbonyl (C=O) groups is 1. The number of benzene rings is 2. The predicted octanol–water partition coefficient (Wildman–Crippen LogP) is 3.71. The van der Waals surface area contributed by atoms with Crippen molar-refractivity contribution < 1.29 is 14.3 Å². The summed E-state index contributed by atoms with van der Waals surface area (Å²) in [6, 6.07) is 12.4. The fraction of sp³-hybridized carbons (Fsp3) is 0.222. The first kappa shape index (κ1) is 17.8. The topological polar surface area (TPSA) is 59.9 Å². The Hall–Kier alpha value is -2.53. The molecule has 0 fully saturated rings. The van der Waals surface area contributed by atoms with Crippen LogP contribution in [0, 0.1) is 0 Å². The molecular weight excluding hydrogens is 328 g/mol. The van der Waals surface area contributed by atoms with Crippen LogP contribution in [-0.4, -0.2) is 25.8 Å². The van der Waals surface area contributed by atoms with Gasteiger partial charge >= 0.3 is 0 Å². The Balaban J connectivity index is 2.02. The number of ether oxygens (including phenoxy) is 2. The van der Waals surface area contributed by atoms with E-state index in [4.69, 9.17) is 21.1 Å². The summed E-state index contributed by atoms with van der Waals surface area (Å²) in [6.45, 7) is 1.84. The van der Waals surface area contributed by atoms with Gasteiger partial charge in [-0.05, 0) is 42.8 Å². The number of hydrazone groups is 1. The molecule has 1 N–H and O–H groups in total. The SMILES string of the molecule is COc1ccc(C/C(C)=N\NC(=O)c2cccc(Cl)c2)cc1OC. The molecule has 0 aromatic heterocycles. The third-order valence-electron chi connectivity index (χ3n) is 3.34. The van der Waals surface area contributed by atoms with Gasteiger partial charge in [0.25, 0.3) is 5.91 Å². The number of carbonyl (C=O) groups excluding carboxylic acids is 1. The smallest absolute Gasteiger partial charge is 0.271 e. The third kappa shape index (κ3) is 4.73. The molecule has 0 aliphatic heterocycles. The maximum atomic E-state index is 12.0. The van der Waals surface area contributed by atoms with Crippen molar-refractivity contribution in [1.29, 1.82) is 0 Å². The van der Waals surface area contributed by atoms with Gasteiger partial charge in [-0.2, -0.15) is 5.10 Å². The van der Waals surface area contributed by atoms with E-state index in [0.717, 1.165) is 11.3 Å². The molecule has 0 spiro atoms. The molecular formula is C18H19ClN2O3. The number of nitrogens with zero attached hydrogens (tertiary/aromatic N) is 1. The minimum atomic E-state index is -0.302. The van der Waals surface area contributed by atoms with Crippen LogP contribution in [0.5, 0.6) is 11.5 Å². The Kier molecular flexibility index (Phi) is 6.21. The number of methoxy groups -OCH3 is 2. The molecule has 0 aliphatic carbocycles. The summed E-state index contributed by atoms with van der Waals surface area (Å²) >= 11 is 5.87. The molecule has 126 valence electrons. The number of halogens is 1. The van der Waals surface area contributed by atoms with Crippen molar-refractivity contribution in [2.75, 3.05) is 14.2 Å². The average molecular weight is 347 g/mol. The predicted molar refractivity (Wildman–Crippen MR) is 95.3 cm³/mol. The van der Waals surface area contributed by atoms with Gasteiger partial charge in [-0.1, -0.05) is 23.7 Å². The number of hydrogen-bond donors (Lipinski definition) is 1. The van der Waals surface area contributed by atoms with Crippen molar-refractivity contribution in [2.24, 2.45) is 5.10 Å². The summed E-state index contributed by atoms with van der Waals surface area (Å²) < 4.78 is 10.5. The monoisotopic (exact) mass is 346 g/mol. The van der Waals surface area contributed by atoms with E-state index in [1.807, 2.05) is 25.1 Å². The zero-order chi connectivity index (χ0) is 17.5. The zero-order valence-corrected chi connectivity index (χ0v) is 14.6. The highest BCUT2D eigenvalue weighted by molar-refractivity contribution is 6.30. The molecule has 0 heterocycles. The molecule has 2 aromatic carbocycles. The summed E-state index contributed by atoms with van der Waals surface area (Å²) in [7, 11) is 3.18. The number of nitrogens with one attached hydrogen (secondary N) is 1. The summed E-state index contributed by atoms with van der Waals surface area (Å²) in [5.74, 6) is 1.03. The van der Waals surface area contributed by atoms with Crippen LogP contribution in [0.15, 0.2) is 47.6 Å². The highest BCUT2D eigenvalue weighted by Gasteiger charge is 2.07. The van der Waals surface area contributed by atoms with Crippen molar-refractivity contribution in [3.63, 3.8) is 0 Å². The van der Waals surface area contributed by atoms with Gasteiger partial charge in [-0.25, -0.2) is 5.43 Å². The molecule has 24 heavy (non-hydrogen) atoms. The van der Waals surface area contributed by atoms with Gasteiger partial charge in [0.15, 0.2) is 11.5 Å². The molecule has 0 saturated heterocycles. The normalized spacial score (nSPS) is 11.1. The molecule has 0 unspecified atom stereocenters. The first-order valence-corrected chi connectivity index (χ1v) is 7.71. The Bertz CT molecular complexity index is 760. The molecule has 0 radical (unpaired) electrons. The number of rotatable bonds is 6. The van der Waals surface area contributed by atoms with E-state index in [-0.39, 0.29) is 5.91 Å². The van der Waals surface area contributed by atoms with E-state index < -0.39 is 0 Å². The molecule has 2 rings (SSSR count). The summed E-state index contributed by atoms with van der Waals surface area (Å²) in [5.41, 5.74) is 4.76. The zero-order valence-electron chi connectivity index (χ0n) is 13.8. The van der Waals surface area contributed by atoms with Crippen LogP contribution in [-0.2, 0) is 6.42 Å². The first-order chi connectivity index (χ1) is 11.5. The lowest BCUT2D eigenvalue weighted by atomic mass is 10.1. The lowest BCUT2D eigenvalue weighted by Crippen LogP contribution is -2.19. The van der Waals surface area contributed by atoms with E-state index in [0.29, 0.717) is 28.5 Å². The van der Waals surface area contributed by atoms with Crippen LogP contribution < -0.4 is 14.9 Å². The second kappa shape index (κ2) is 8.36. The maximum Gasteiger partial charge on any atom is 0.271 e. The second-order valence-corrected chi connectivity index (χ2v) is 5.60. The van der Waals surface area contributed by atoms with E-state index in [2.05, 4.69) is 10.5 Å². The first-order valence-electron chi connectivity index (χ1n) is 7.33. The van der Waals surface area contributed by atoms with Crippen molar-refractivity contribution in [3.05, 3.63) is 58.6 Å². The molecule has 0 bridgehead atoms. The maximum absolute atomic E-state index is 12.0. The van der Waals surface area contributed by atoms with Crippen LogP contribution in [0.2, 0.25) is 5.02 Å². The van der Waals surface area contributed by atoms with Gasteiger partial charge in [-0.15, -0.1) is 0 Å². The third-order valence-corrected chi connectivity index (χ3v) is 3.58. The standard InChI is InChI=1S/C18H19ClN2O3/c1-12(9-13-7-8-16(23-2)17(10-13)24-3)20-21-18(22)14-5-4-6-15(19)11-14/h4-8,10-11H,9H2,1-3H3,(H,21,22)/b20-12-. The van der Waals surface area contributed by atoms with E-state index >= 15 is 0 Å². The highest BCUT2D eigenvalue weighted by atomic mass is 35.5. The van der Waals surface area contributed by atoms with Crippen molar-refractivity contribution in [3.8, 4) is 11.5 Å². The molecule has 0 atom stereocenters. The summed E-state index contributed by atoms with van der Waals surface area (Å²) in [5, 5.41) is 4.63. The van der Waals surface area contributed by atoms with Gasteiger partial charge in [0.2, 0.25) is 0 Å². The Morgan fingerprint density at radius 2 is 1.88 bits per heavy atom. The fourth-order valence-electron chi connectivity index (χ4n) is 2.17. The quantitative estimate of drug-likeness (QED) is 0.640. The minimum absolute atomic E-state index is 0.302. The van der Waals surface area contributed by atoms with E-state index in [1.165, 1.54) is 0 Å². The molecule has 0 saturated carbocycles. The van der Waals surface area contributed by atoms with Crippen LogP contribution in [0.25, 0.3) is 0 Å². The average Bonchev–Trinajstić information content (AvgIpc) is 2.59. The Morgan fingerprint density at radius 1 is 1.12 bits per heavy atom. The van der Waals surface area contributed by atoms with Gasteiger partial charge in [0.1, 0.15) is 0 Å². The molecule has 6 heteroatoms.